The highest BCUT2D eigenvalue weighted by molar-refractivity contribution is 5.69. The molecule has 0 amide bonds. The van der Waals surface area contributed by atoms with E-state index in [1.54, 1.807) is 0 Å². The van der Waals surface area contributed by atoms with Crippen molar-refractivity contribution in [1.82, 2.24) is 0 Å². The highest BCUT2D eigenvalue weighted by Crippen LogP contribution is 2.03. The first kappa shape index (κ1) is 43.0. The predicted molar refractivity (Wildman–Crippen MR) is 164 cm³/mol. The average molecular weight is 643 g/mol. The normalized spacial score (nSPS) is 11.4. The lowest BCUT2D eigenvalue weighted by atomic mass is 10.2. The van der Waals surface area contributed by atoms with Crippen LogP contribution in [0.5, 0.6) is 0 Å². The maximum absolute atomic E-state index is 11.5. The number of esters is 1. The van der Waals surface area contributed by atoms with Gasteiger partial charge in [0.2, 0.25) is 0 Å². The van der Waals surface area contributed by atoms with E-state index in [1.807, 2.05) is 6.92 Å². The second kappa shape index (κ2) is 40.1. The fourth-order valence-electron chi connectivity index (χ4n) is 3.33. The number of carbonyl (C=O) groups excluding carboxylic acids is 1. The van der Waals surface area contributed by atoms with E-state index in [1.165, 1.54) is 0 Å². The molecule has 0 aliphatic carbocycles. The maximum Gasteiger partial charge on any atom is 0.305 e. The molecule has 0 bridgehead atoms. The molecule has 13 nitrogen and oxygen atoms in total. The van der Waals surface area contributed by atoms with E-state index in [2.05, 4.69) is 6.92 Å². The molecule has 0 aliphatic rings. The molecular formula is C31H62O13. The van der Waals surface area contributed by atoms with Gasteiger partial charge in [0.1, 0.15) is 6.61 Å². The van der Waals surface area contributed by atoms with E-state index in [0.717, 1.165) is 25.7 Å². The lowest BCUT2D eigenvalue weighted by molar-refractivity contribution is -0.145. The van der Waals surface area contributed by atoms with Crippen LogP contribution in [0.15, 0.2) is 0 Å². The standard InChI is InChI=1S/C31H62O13/c1-3-5-6-7-8-31(32)44-30-29-43-28-27-42-26-25-41-24-23-40-22-21-39-20-19-38-18-17-37-16-15-36-14-13-35-12-11-34-10-9-33-4-2/h3-30H2,1-2H3. The van der Waals surface area contributed by atoms with Gasteiger partial charge in [-0.2, -0.15) is 0 Å². The van der Waals surface area contributed by atoms with Crippen molar-refractivity contribution in [3.63, 3.8) is 0 Å². The van der Waals surface area contributed by atoms with Crippen molar-refractivity contribution < 1.29 is 61.6 Å². The summed E-state index contributed by atoms with van der Waals surface area (Å²) in [5.74, 6) is -0.151. The van der Waals surface area contributed by atoms with Gasteiger partial charge in [-0.15, -0.1) is 0 Å². The molecule has 0 saturated heterocycles. The number of ether oxygens (including phenoxy) is 12. The van der Waals surface area contributed by atoms with Crippen LogP contribution >= 0.6 is 0 Å². The molecule has 0 saturated carbocycles. The Morgan fingerprint density at radius 2 is 0.614 bits per heavy atom. The van der Waals surface area contributed by atoms with Crippen LogP contribution in [-0.2, 0) is 61.6 Å². The molecule has 0 aromatic rings. The van der Waals surface area contributed by atoms with E-state index >= 15 is 0 Å². The summed E-state index contributed by atoms with van der Waals surface area (Å²) in [6.07, 6.45) is 4.76. The average Bonchev–Trinajstić information content (AvgIpc) is 3.03. The minimum Gasteiger partial charge on any atom is -0.463 e. The van der Waals surface area contributed by atoms with Crippen LogP contribution in [0.1, 0.15) is 46.0 Å². The molecule has 44 heavy (non-hydrogen) atoms. The smallest absolute Gasteiger partial charge is 0.305 e. The Hall–Kier alpha value is -0.970. The quantitative estimate of drug-likeness (QED) is 0.0721. The third-order valence-electron chi connectivity index (χ3n) is 5.65. The first-order valence-electron chi connectivity index (χ1n) is 16.3. The number of hydrogen-bond acceptors (Lipinski definition) is 13. The summed E-state index contributed by atoms with van der Waals surface area (Å²) in [6.45, 7) is 15.8. The van der Waals surface area contributed by atoms with Gasteiger partial charge in [0, 0.05) is 13.0 Å². The summed E-state index contributed by atoms with van der Waals surface area (Å²) in [7, 11) is 0. The van der Waals surface area contributed by atoms with Crippen molar-refractivity contribution in [1.29, 1.82) is 0 Å². The summed E-state index contributed by atoms with van der Waals surface area (Å²) in [5.41, 5.74) is 0. The molecule has 0 radical (unpaired) electrons. The first-order valence-corrected chi connectivity index (χ1v) is 16.3. The van der Waals surface area contributed by atoms with Crippen LogP contribution in [0.2, 0.25) is 0 Å². The lowest BCUT2D eigenvalue weighted by Crippen LogP contribution is -2.15. The maximum atomic E-state index is 11.5. The van der Waals surface area contributed by atoms with E-state index < -0.39 is 0 Å². The lowest BCUT2D eigenvalue weighted by Gasteiger charge is -2.09. The van der Waals surface area contributed by atoms with Gasteiger partial charge < -0.3 is 56.8 Å². The van der Waals surface area contributed by atoms with Crippen molar-refractivity contribution in [2.75, 3.05) is 152 Å². The molecule has 0 unspecified atom stereocenters. The number of hydrogen-bond donors (Lipinski definition) is 0. The van der Waals surface area contributed by atoms with Gasteiger partial charge in [-0.3, -0.25) is 4.79 Å². The number of rotatable bonds is 39. The van der Waals surface area contributed by atoms with E-state index in [9.17, 15) is 4.79 Å². The molecule has 13 heteroatoms. The van der Waals surface area contributed by atoms with Crippen molar-refractivity contribution >= 4 is 5.97 Å². The van der Waals surface area contributed by atoms with E-state index in [-0.39, 0.29) is 12.6 Å². The van der Waals surface area contributed by atoms with Crippen LogP contribution in [0, 0.1) is 0 Å². The molecule has 0 rings (SSSR count). The van der Waals surface area contributed by atoms with Crippen molar-refractivity contribution in [2.45, 2.75) is 46.0 Å². The zero-order valence-corrected chi connectivity index (χ0v) is 27.6. The topological polar surface area (TPSA) is 128 Å². The Labute approximate surface area is 265 Å². The summed E-state index contributed by atoms with van der Waals surface area (Å²) < 4.78 is 64.7. The van der Waals surface area contributed by atoms with Gasteiger partial charge in [0.05, 0.1) is 139 Å². The first-order chi connectivity index (χ1) is 21.8. The fraction of sp³-hybridized carbons (Fsp3) is 0.968. The number of unbranched alkanes of at least 4 members (excludes halogenated alkanes) is 3. The fourth-order valence-corrected chi connectivity index (χ4v) is 3.33. The van der Waals surface area contributed by atoms with Crippen molar-refractivity contribution in [3.05, 3.63) is 0 Å². The van der Waals surface area contributed by atoms with Gasteiger partial charge in [0.25, 0.3) is 0 Å². The Morgan fingerprint density at radius 1 is 0.341 bits per heavy atom. The van der Waals surface area contributed by atoms with Crippen LogP contribution < -0.4 is 0 Å². The molecule has 0 fully saturated rings. The van der Waals surface area contributed by atoms with Crippen LogP contribution in [0.4, 0.5) is 0 Å². The van der Waals surface area contributed by atoms with Crippen LogP contribution in [-0.4, -0.2) is 158 Å². The van der Waals surface area contributed by atoms with E-state index in [4.69, 9.17) is 56.8 Å². The largest absolute Gasteiger partial charge is 0.463 e. The zero-order valence-electron chi connectivity index (χ0n) is 27.6. The minimum atomic E-state index is -0.151. The molecular weight excluding hydrogens is 580 g/mol. The van der Waals surface area contributed by atoms with Gasteiger partial charge in [-0.05, 0) is 13.3 Å². The SMILES string of the molecule is CCCCCCC(=O)OCCOCCOCCOCCOCCOCCOCCOCCOCCOCCOCCOCC. The van der Waals surface area contributed by atoms with Crippen LogP contribution in [0.3, 0.4) is 0 Å². The highest BCUT2D eigenvalue weighted by atomic mass is 16.6. The molecule has 0 aromatic heterocycles. The van der Waals surface area contributed by atoms with Gasteiger partial charge in [0.15, 0.2) is 0 Å². The van der Waals surface area contributed by atoms with Crippen molar-refractivity contribution in [2.24, 2.45) is 0 Å². The van der Waals surface area contributed by atoms with E-state index in [0.29, 0.717) is 152 Å². The molecule has 0 heterocycles. The Balaban J connectivity index is 3.07. The number of carbonyl (C=O) groups is 1. The highest BCUT2D eigenvalue weighted by Gasteiger charge is 2.02. The second-order valence-electron chi connectivity index (χ2n) is 9.35. The van der Waals surface area contributed by atoms with Gasteiger partial charge in [-0.1, -0.05) is 26.2 Å². The third kappa shape index (κ3) is 39.1. The monoisotopic (exact) mass is 642 g/mol. The van der Waals surface area contributed by atoms with Gasteiger partial charge in [-0.25, -0.2) is 0 Å². The summed E-state index contributed by atoms with van der Waals surface area (Å²) in [4.78, 5) is 11.5. The molecule has 0 N–H and O–H groups in total. The molecule has 0 aliphatic heterocycles. The second-order valence-corrected chi connectivity index (χ2v) is 9.35. The predicted octanol–water partition coefficient (Wildman–Crippen LogP) is 2.70. The Kier molecular flexibility index (Phi) is 39.2. The molecule has 0 atom stereocenters. The third-order valence-corrected chi connectivity index (χ3v) is 5.65. The zero-order chi connectivity index (χ0) is 31.9. The summed E-state index contributed by atoms with van der Waals surface area (Å²) in [6, 6.07) is 0. The van der Waals surface area contributed by atoms with Gasteiger partial charge >= 0.3 is 5.97 Å². The van der Waals surface area contributed by atoms with Crippen molar-refractivity contribution in [3.8, 4) is 0 Å². The minimum absolute atomic E-state index is 0.151. The summed E-state index contributed by atoms with van der Waals surface area (Å²) in [5, 5.41) is 0. The summed E-state index contributed by atoms with van der Waals surface area (Å²) >= 11 is 0. The molecule has 0 aromatic carbocycles. The Bertz CT molecular complexity index is 543. The van der Waals surface area contributed by atoms with Crippen LogP contribution in [0.25, 0.3) is 0 Å². The molecule has 264 valence electrons. The Morgan fingerprint density at radius 3 is 0.886 bits per heavy atom. The molecule has 0 spiro atoms.